The number of amides is 1. The number of thiophene rings is 1. The fourth-order valence-corrected chi connectivity index (χ4v) is 6.02. The number of aromatic nitrogens is 1. The summed E-state index contributed by atoms with van der Waals surface area (Å²) in [6, 6.07) is 14.5. The molecule has 0 N–H and O–H groups in total. The van der Waals surface area contributed by atoms with Crippen LogP contribution in [0.2, 0.25) is 5.02 Å². The first-order valence-corrected chi connectivity index (χ1v) is 12.1. The molecule has 0 saturated heterocycles. The Balaban J connectivity index is 1.77. The van der Waals surface area contributed by atoms with Crippen LogP contribution in [0.1, 0.15) is 20.8 Å². The molecule has 0 atom stereocenters. The SMILES string of the molecule is O=C(c1sc2ccccc2c1Cl)N(c1cc(C(F)(F)F)cc(C(F)(F)F)c1)c1nc2ccccc2s1. The second-order valence-electron chi connectivity index (χ2n) is 7.61. The van der Waals surface area contributed by atoms with Crippen molar-refractivity contribution >= 4 is 71.3 Å². The molecular formula is C24H11ClF6N2OS2. The van der Waals surface area contributed by atoms with Crippen molar-refractivity contribution in [3.8, 4) is 0 Å². The normalized spacial score (nSPS) is 12.4. The second kappa shape index (κ2) is 8.75. The molecule has 0 saturated carbocycles. The molecule has 184 valence electrons. The van der Waals surface area contributed by atoms with Crippen molar-refractivity contribution < 1.29 is 31.1 Å². The molecule has 0 bridgehead atoms. The number of carbonyl (C=O) groups is 1. The van der Waals surface area contributed by atoms with E-state index in [-0.39, 0.29) is 21.1 Å². The molecule has 0 aliphatic carbocycles. The van der Waals surface area contributed by atoms with Gasteiger partial charge in [0.1, 0.15) is 4.88 Å². The van der Waals surface area contributed by atoms with Crippen molar-refractivity contribution in [2.75, 3.05) is 4.90 Å². The maximum Gasteiger partial charge on any atom is 0.416 e. The molecule has 0 aliphatic heterocycles. The minimum atomic E-state index is -5.09. The van der Waals surface area contributed by atoms with E-state index in [0.29, 0.717) is 32.4 Å². The van der Waals surface area contributed by atoms with Gasteiger partial charge in [-0.3, -0.25) is 9.69 Å². The molecule has 0 fully saturated rings. The Morgan fingerprint density at radius 1 is 0.806 bits per heavy atom. The van der Waals surface area contributed by atoms with Crippen LogP contribution in [0.3, 0.4) is 0 Å². The van der Waals surface area contributed by atoms with Crippen LogP contribution in [-0.4, -0.2) is 10.9 Å². The third-order valence-corrected chi connectivity index (χ3v) is 7.92. The van der Waals surface area contributed by atoms with Crippen LogP contribution in [0, 0.1) is 0 Å². The van der Waals surface area contributed by atoms with Crippen LogP contribution in [0.5, 0.6) is 0 Å². The predicted octanol–water partition coefficient (Wildman–Crippen LogP) is 9.18. The Morgan fingerprint density at radius 3 is 1.97 bits per heavy atom. The first-order chi connectivity index (χ1) is 16.9. The van der Waals surface area contributed by atoms with Crippen molar-refractivity contribution in [2.24, 2.45) is 0 Å². The van der Waals surface area contributed by atoms with Crippen molar-refractivity contribution in [2.45, 2.75) is 12.4 Å². The Kier molecular flexibility index (Phi) is 5.97. The lowest BCUT2D eigenvalue weighted by Crippen LogP contribution is -2.26. The van der Waals surface area contributed by atoms with E-state index in [1.165, 1.54) is 0 Å². The highest BCUT2D eigenvalue weighted by atomic mass is 35.5. The molecular weight excluding hydrogens is 546 g/mol. The van der Waals surface area contributed by atoms with E-state index in [9.17, 15) is 31.1 Å². The molecule has 3 nitrogen and oxygen atoms in total. The van der Waals surface area contributed by atoms with Gasteiger partial charge >= 0.3 is 12.4 Å². The standard InChI is InChI=1S/C24H11ClF6N2OS2/c25-19-15-5-1-3-7-17(15)35-20(19)21(34)33(22-32-16-6-2-4-8-18(16)36-22)14-10-12(23(26,27)28)9-13(11-14)24(29,30)31/h1-11H. The highest BCUT2D eigenvalue weighted by Crippen LogP contribution is 2.44. The van der Waals surface area contributed by atoms with Gasteiger partial charge in [-0.2, -0.15) is 26.3 Å². The summed E-state index contributed by atoms with van der Waals surface area (Å²) < 4.78 is 82.8. The summed E-state index contributed by atoms with van der Waals surface area (Å²) in [6.07, 6.45) is -10.2. The fraction of sp³-hybridized carbons (Fsp3) is 0.0833. The summed E-state index contributed by atoms with van der Waals surface area (Å²) in [5.41, 5.74) is -3.29. The quantitative estimate of drug-likeness (QED) is 0.208. The number of nitrogens with zero attached hydrogens (tertiary/aromatic N) is 2. The van der Waals surface area contributed by atoms with Gasteiger partial charge in [0.25, 0.3) is 5.91 Å². The maximum atomic E-state index is 13.8. The van der Waals surface area contributed by atoms with Gasteiger partial charge in [-0.25, -0.2) is 4.98 Å². The first kappa shape index (κ1) is 24.5. The van der Waals surface area contributed by atoms with Crippen LogP contribution >= 0.6 is 34.3 Å². The molecule has 12 heteroatoms. The number of hydrogen-bond acceptors (Lipinski definition) is 4. The summed E-state index contributed by atoms with van der Waals surface area (Å²) in [7, 11) is 0. The van der Waals surface area contributed by atoms with Gasteiger partial charge in [-0.1, -0.05) is 53.3 Å². The van der Waals surface area contributed by atoms with Crippen molar-refractivity contribution in [1.29, 1.82) is 0 Å². The van der Waals surface area contributed by atoms with Crippen molar-refractivity contribution in [1.82, 2.24) is 4.98 Å². The summed E-state index contributed by atoms with van der Waals surface area (Å²) in [5, 5.41) is 0.494. The number of halogens is 7. The van der Waals surface area contributed by atoms with E-state index in [4.69, 9.17) is 11.6 Å². The topological polar surface area (TPSA) is 33.2 Å². The summed E-state index contributed by atoms with van der Waals surface area (Å²) in [6.45, 7) is 0. The first-order valence-electron chi connectivity index (χ1n) is 10.1. The average molecular weight is 557 g/mol. The van der Waals surface area contributed by atoms with Gasteiger partial charge in [0.05, 0.1) is 32.1 Å². The third-order valence-electron chi connectivity index (χ3n) is 5.24. The number of alkyl halides is 6. The van der Waals surface area contributed by atoms with E-state index in [0.717, 1.165) is 27.6 Å². The number of anilines is 2. The molecule has 36 heavy (non-hydrogen) atoms. The Morgan fingerprint density at radius 2 is 1.39 bits per heavy atom. The molecule has 0 unspecified atom stereocenters. The number of carbonyl (C=O) groups excluding carboxylic acids is 1. The lowest BCUT2D eigenvalue weighted by Gasteiger charge is -2.22. The zero-order valence-corrected chi connectivity index (χ0v) is 20.0. The van der Waals surface area contributed by atoms with E-state index >= 15 is 0 Å². The monoisotopic (exact) mass is 556 g/mol. The Hall–Kier alpha value is -3.15. The predicted molar refractivity (Wildman–Crippen MR) is 129 cm³/mol. The molecule has 5 aromatic rings. The molecule has 2 heterocycles. The van der Waals surface area contributed by atoms with Crippen LogP contribution < -0.4 is 4.90 Å². The molecule has 5 rings (SSSR count). The molecule has 3 aromatic carbocycles. The van der Waals surface area contributed by atoms with E-state index in [1.54, 1.807) is 48.5 Å². The van der Waals surface area contributed by atoms with Gasteiger partial charge in [0, 0.05) is 10.1 Å². The molecule has 1 amide bonds. The van der Waals surface area contributed by atoms with Crippen LogP contribution in [0.15, 0.2) is 66.7 Å². The Labute approximate surface area is 212 Å². The van der Waals surface area contributed by atoms with E-state index in [1.807, 2.05) is 0 Å². The summed E-state index contributed by atoms with van der Waals surface area (Å²) in [4.78, 5) is 18.8. The van der Waals surface area contributed by atoms with Crippen LogP contribution in [0.25, 0.3) is 20.3 Å². The molecule has 0 spiro atoms. The zero-order valence-electron chi connectivity index (χ0n) is 17.6. The largest absolute Gasteiger partial charge is 0.416 e. The minimum absolute atomic E-state index is 0.0108. The van der Waals surface area contributed by atoms with Crippen LogP contribution in [0.4, 0.5) is 37.2 Å². The summed E-state index contributed by atoms with van der Waals surface area (Å²) >= 11 is 8.38. The van der Waals surface area contributed by atoms with Gasteiger partial charge in [-0.15, -0.1) is 11.3 Å². The third kappa shape index (κ3) is 4.42. The smallest absolute Gasteiger partial charge is 0.267 e. The number of hydrogen-bond donors (Lipinski definition) is 0. The summed E-state index contributed by atoms with van der Waals surface area (Å²) in [5.74, 6) is -0.896. The minimum Gasteiger partial charge on any atom is -0.267 e. The molecule has 2 aromatic heterocycles. The zero-order chi connectivity index (χ0) is 25.8. The lowest BCUT2D eigenvalue weighted by molar-refractivity contribution is -0.143. The second-order valence-corrected chi connectivity index (χ2v) is 10.0. The Bertz CT molecular complexity index is 1560. The number of thiazole rings is 1. The molecule has 0 aliphatic rings. The number of rotatable bonds is 3. The van der Waals surface area contributed by atoms with Crippen molar-refractivity contribution in [3.63, 3.8) is 0 Å². The van der Waals surface area contributed by atoms with Gasteiger partial charge < -0.3 is 0 Å². The number of fused-ring (bicyclic) bond motifs is 2. The van der Waals surface area contributed by atoms with Crippen LogP contribution in [-0.2, 0) is 12.4 Å². The van der Waals surface area contributed by atoms with Crippen molar-refractivity contribution in [3.05, 3.63) is 87.8 Å². The fourth-order valence-electron chi connectivity index (χ4n) is 3.59. The lowest BCUT2D eigenvalue weighted by atomic mass is 10.1. The van der Waals surface area contributed by atoms with E-state index < -0.39 is 35.1 Å². The highest BCUT2D eigenvalue weighted by Gasteiger charge is 2.39. The molecule has 0 radical (unpaired) electrons. The highest BCUT2D eigenvalue weighted by molar-refractivity contribution is 7.23. The van der Waals surface area contributed by atoms with Gasteiger partial charge in [0.2, 0.25) is 0 Å². The number of para-hydroxylation sites is 1. The maximum absolute atomic E-state index is 13.8. The average Bonchev–Trinajstić information content (AvgIpc) is 3.39. The van der Waals surface area contributed by atoms with Gasteiger partial charge in [0.15, 0.2) is 5.13 Å². The van der Waals surface area contributed by atoms with E-state index in [2.05, 4.69) is 4.98 Å². The van der Waals surface area contributed by atoms with Gasteiger partial charge in [-0.05, 0) is 36.4 Å². The number of benzene rings is 3.